The van der Waals surface area contributed by atoms with Crippen LogP contribution in [0.2, 0.25) is 0 Å². The second-order valence-corrected chi connectivity index (χ2v) is 5.88. The van der Waals surface area contributed by atoms with Crippen LogP contribution in [0.5, 0.6) is 0 Å². The minimum Gasteiger partial charge on any atom is -0.464 e. The van der Waals surface area contributed by atoms with Crippen LogP contribution < -0.4 is 0 Å². The maximum Gasteiger partial charge on any atom is 0.360 e. The number of carbonyl (C=O) groups excluding carboxylic acids is 1. The van der Waals surface area contributed by atoms with Gasteiger partial charge in [0.25, 0.3) is 0 Å². The van der Waals surface area contributed by atoms with Crippen LogP contribution in [0.4, 0.5) is 0 Å². The largest absolute Gasteiger partial charge is 0.464 e. The molecule has 0 aromatic carbocycles. The van der Waals surface area contributed by atoms with Gasteiger partial charge in [0.2, 0.25) is 0 Å². The van der Waals surface area contributed by atoms with Gasteiger partial charge in [-0.3, -0.25) is 4.79 Å². The molecule has 0 fully saturated rings. The molecule has 0 aromatic rings. The van der Waals surface area contributed by atoms with Gasteiger partial charge in [-0.2, -0.15) is 0 Å². The van der Waals surface area contributed by atoms with Crippen LogP contribution in [-0.4, -0.2) is 35.7 Å². The fourth-order valence-electron chi connectivity index (χ4n) is 0.593. The van der Waals surface area contributed by atoms with E-state index < -0.39 is 14.7 Å². The van der Waals surface area contributed by atoms with E-state index in [0.29, 0.717) is 0 Å². The van der Waals surface area contributed by atoms with Crippen molar-refractivity contribution < 1.29 is 18.4 Å². The number of ether oxygens (including phenoxy) is 1. The molecular weight excluding hydrogens is 188 g/mol. The number of hydrogen-bond donors (Lipinski definition) is 0. The monoisotopic (exact) mass is 206 g/mol. The van der Waals surface area contributed by atoms with Crippen molar-refractivity contribution in [3.8, 4) is 0 Å². The molecule has 13 heavy (non-hydrogen) atoms. The molecule has 0 aliphatic heterocycles. The van der Waals surface area contributed by atoms with Gasteiger partial charge in [0.05, 0.1) is 5.41 Å². The van der Waals surface area contributed by atoms with Crippen LogP contribution in [0.1, 0.15) is 20.8 Å². The average Bonchev–Trinajstić information content (AvgIpc) is 2.04. The van der Waals surface area contributed by atoms with E-state index in [-0.39, 0.29) is 12.2 Å². The lowest BCUT2D eigenvalue weighted by molar-refractivity contribution is -0.151. The highest BCUT2D eigenvalue weighted by atomic mass is 28.3. The Morgan fingerprint density at radius 3 is 2.00 bits per heavy atom. The van der Waals surface area contributed by atoms with E-state index in [1.165, 1.54) is 0 Å². The third-order valence-corrected chi connectivity index (χ3v) is 2.98. The summed E-state index contributed by atoms with van der Waals surface area (Å²) in [7, 11) is 1.36. The summed E-state index contributed by atoms with van der Waals surface area (Å²) in [5, 5.41) is 0. The van der Waals surface area contributed by atoms with Crippen molar-refractivity contribution in [2.45, 2.75) is 20.8 Å². The van der Waals surface area contributed by atoms with Crippen molar-refractivity contribution in [1.82, 2.24) is 0 Å². The summed E-state index contributed by atoms with van der Waals surface area (Å²) in [5.74, 6) is -0.223. The van der Waals surface area contributed by atoms with Gasteiger partial charge in [0, 0.05) is 14.2 Å². The first-order valence-electron chi connectivity index (χ1n) is 4.14. The van der Waals surface area contributed by atoms with Gasteiger partial charge in [-0.05, 0) is 20.8 Å². The Kier molecular flexibility index (Phi) is 5.20. The van der Waals surface area contributed by atoms with Crippen molar-refractivity contribution in [1.29, 1.82) is 0 Å². The van der Waals surface area contributed by atoms with Gasteiger partial charge in [-0.1, -0.05) is 0 Å². The molecule has 0 aliphatic carbocycles. The fraction of sp³-hybridized carbons (Fsp3) is 0.875. The molecule has 0 spiro atoms. The molecule has 5 heteroatoms. The van der Waals surface area contributed by atoms with E-state index in [0.717, 1.165) is 0 Å². The third kappa shape index (κ3) is 5.02. The van der Waals surface area contributed by atoms with E-state index in [4.69, 9.17) is 13.6 Å². The maximum atomic E-state index is 11.3. The summed E-state index contributed by atoms with van der Waals surface area (Å²) in [4.78, 5) is 11.3. The molecule has 0 atom stereocenters. The number of hydrogen-bond acceptors (Lipinski definition) is 4. The highest BCUT2D eigenvalue weighted by Crippen LogP contribution is 2.14. The fourth-order valence-corrected chi connectivity index (χ4v) is 1.34. The van der Waals surface area contributed by atoms with E-state index in [2.05, 4.69) is 0 Å². The number of esters is 1. The van der Waals surface area contributed by atoms with Gasteiger partial charge in [-0.15, -0.1) is 0 Å². The van der Waals surface area contributed by atoms with Crippen LogP contribution in [0.3, 0.4) is 0 Å². The third-order valence-electron chi connectivity index (χ3n) is 1.49. The molecule has 0 amide bonds. The molecule has 0 unspecified atom stereocenters. The Hall–Kier alpha value is -0.393. The predicted molar refractivity (Wildman–Crippen MR) is 51.6 cm³/mol. The molecule has 0 aliphatic rings. The molecule has 0 radical (unpaired) electrons. The summed E-state index contributed by atoms with van der Waals surface area (Å²) in [6.45, 7) is 5.43. The highest BCUT2D eigenvalue weighted by Gasteiger charge is 2.24. The van der Waals surface area contributed by atoms with Crippen molar-refractivity contribution in [2.75, 3.05) is 20.4 Å². The maximum absolute atomic E-state index is 11.3. The van der Waals surface area contributed by atoms with Crippen LogP contribution >= 0.6 is 0 Å². The Morgan fingerprint density at radius 1 is 1.23 bits per heavy atom. The van der Waals surface area contributed by atoms with Crippen molar-refractivity contribution in [2.24, 2.45) is 5.41 Å². The molecule has 0 bridgehead atoms. The molecule has 0 N–H and O–H groups in total. The molecule has 0 aromatic heterocycles. The summed E-state index contributed by atoms with van der Waals surface area (Å²) >= 11 is 0. The van der Waals surface area contributed by atoms with Crippen LogP contribution in [0, 0.1) is 5.41 Å². The Morgan fingerprint density at radius 2 is 1.69 bits per heavy atom. The lowest BCUT2D eigenvalue weighted by atomic mass is 9.98. The Balaban J connectivity index is 3.82. The number of rotatable bonds is 4. The Bertz CT molecular complexity index is 160. The Labute approximate surface area is 81.0 Å². The molecule has 0 rings (SSSR count). The summed E-state index contributed by atoms with van der Waals surface area (Å²) in [6, 6.07) is 0. The lowest BCUT2D eigenvalue weighted by Crippen LogP contribution is -2.32. The van der Waals surface area contributed by atoms with Crippen LogP contribution in [-0.2, 0) is 18.4 Å². The SMILES string of the molecule is CO[SiH](COC(=O)C(C)(C)C)OC. The quantitative estimate of drug-likeness (QED) is 0.500. The standard InChI is InChI=1S/C8H18O4Si/c1-8(2,3)7(9)12-6-13(10-4)11-5/h13H,6H2,1-5H3. The molecule has 0 saturated heterocycles. The molecule has 78 valence electrons. The first kappa shape index (κ1) is 12.6. The molecular formula is C8H18O4Si. The van der Waals surface area contributed by atoms with E-state index in [9.17, 15) is 4.79 Å². The van der Waals surface area contributed by atoms with E-state index in [1.807, 2.05) is 20.8 Å². The summed E-state index contributed by atoms with van der Waals surface area (Å²) in [6.07, 6.45) is 0.267. The second kappa shape index (κ2) is 5.36. The van der Waals surface area contributed by atoms with Gasteiger partial charge in [0.15, 0.2) is 0 Å². The second-order valence-electron chi connectivity index (χ2n) is 3.75. The highest BCUT2D eigenvalue weighted by molar-refractivity contribution is 6.44. The first-order valence-corrected chi connectivity index (χ1v) is 5.90. The van der Waals surface area contributed by atoms with Crippen molar-refractivity contribution in [3.63, 3.8) is 0 Å². The smallest absolute Gasteiger partial charge is 0.360 e. The summed E-state index contributed by atoms with van der Waals surface area (Å²) < 4.78 is 15.0. The van der Waals surface area contributed by atoms with Crippen molar-refractivity contribution >= 4 is 15.3 Å². The average molecular weight is 206 g/mol. The van der Waals surface area contributed by atoms with E-state index >= 15 is 0 Å². The van der Waals surface area contributed by atoms with Crippen LogP contribution in [0.15, 0.2) is 0 Å². The molecule has 4 nitrogen and oxygen atoms in total. The zero-order valence-corrected chi connectivity index (χ0v) is 10.1. The van der Waals surface area contributed by atoms with Gasteiger partial charge < -0.3 is 13.6 Å². The van der Waals surface area contributed by atoms with Gasteiger partial charge in [0.1, 0.15) is 6.23 Å². The first-order chi connectivity index (χ1) is 5.91. The van der Waals surface area contributed by atoms with E-state index in [1.54, 1.807) is 14.2 Å². The summed E-state index contributed by atoms with van der Waals surface area (Å²) in [5.41, 5.74) is -0.458. The van der Waals surface area contributed by atoms with Gasteiger partial charge in [-0.25, -0.2) is 0 Å². The zero-order chi connectivity index (χ0) is 10.5. The minimum absolute atomic E-state index is 0.223. The number of carbonyl (C=O) groups is 1. The van der Waals surface area contributed by atoms with Gasteiger partial charge >= 0.3 is 15.3 Å². The zero-order valence-electron chi connectivity index (χ0n) is 8.92. The minimum atomic E-state index is -1.76. The molecule has 0 heterocycles. The topological polar surface area (TPSA) is 44.8 Å². The van der Waals surface area contributed by atoms with Crippen molar-refractivity contribution in [3.05, 3.63) is 0 Å². The predicted octanol–water partition coefficient (Wildman–Crippen LogP) is 0.628. The van der Waals surface area contributed by atoms with Crippen LogP contribution in [0.25, 0.3) is 0 Å². The lowest BCUT2D eigenvalue weighted by Gasteiger charge is -2.18. The molecule has 0 saturated carbocycles. The normalized spacial score (nSPS) is 11.8.